The fourth-order valence-corrected chi connectivity index (χ4v) is 3.18. The van der Waals surface area contributed by atoms with Gasteiger partial charge in [-0.3, -0.25) is 9.59 Å². The van der Waals surface area contributed by atoms with E-state index < -0.39 is 5.41 Å². The first kappa shape index (κ1) is 18.2. The van der Waals surface area contributed by atoms with Crippen molar-refractivity contribution >= 4 is 17.5 Å². The fraction of sp³-hybridized carbons (Fsp3) is 0.364. The maximum atomic E-state index is 12.7. The zero-order valence-electron chi connectivity index (χ0n) is 15.3. The van der Waals surface area contributed by atoms with Crippen LogP contribution in [-0.4, -0.2) is 18.4 Å². The second-order valence-electron chi connectivity index (χ2n) is 6.89. The van der Waals surface area contributed by atoms with Crippen LogP contribution in [0, 0.1) is 5.41 Å². The average molecular weight is 350 g/mol. The number of benzene rings is 2. The van der Waals surface area contributed by atoms with E-state index in [0.29, 0.717) is 19.4 Å². The molecule has 2 aromatic rings. The molecule has 2 aromatic carbocycles. The number of anilines is 1. The summed E-state index contributed by atoms with van der Waals surface area (Å²) in [5.74, 6) is -0.323. The van der Waals surface area contributed by atoms with Crippen LogP contribution in [0.3, 0.4) is 0 Å². The van der Waals surface area contributed by atoms with Gasteiger partial charge in [-0.25, -0.2) is 0 Å². The summed E-state index contributed by atoms with van der Waals surface area (Å²) >= 11 is 0. The predicted molar refractivity (Wildman–Crippen MR) is 104 cm³/mol. The first-order chi connectivity index (χ1) is 12.7. The van der Waals surface area contributed by atoms with Gasteiger partial charge < -0.3 is 10.6 Å². The van der Waals surface area contributed by atoms with E-state index in [0.717, 1.165) is 30.5 Å². The van der Waals surface area contributed by atoms with Crippen molar-refractivity contribution in [2.24, 2.45) is 5.41 Å². The molecule has 4 nitrogen and oxygen atoms in total. The number of hydrogen-bond donors (Lipinski definition) is 2. The largest absolute Gasteiger partial charge is 0.355 e. The van der Waals surface area contributed by atoms with Crippen LogP contribution in [0.4, 0.5) is 5.69 Å². The molecule has 0 aliphatic heterocycles. The molecular weight excluding hydrogens is 324 g/mol. The van der Waals surface area contributed by atoms with Crippen LogP contribution in [-0.2, 0) is 22.4 Å². The lowest BCUT2D eigenvalue weighted by atomic mass is 10.0. The number of nitrogens with one attached hydrogen (secondary N) is 2. The van der Waals surface area contributed by atoms with Crippen LogP contribution in [0.25, 0.3) is 0 Å². The summed E-state index contributed by atoms with van der Waals surface area (Å²) in [6.45, 7) is 2.64. The summed E-state index contributed by atoms with van der Waals surface area (Å²) in [5.41, 5.74) is 2.27. The number of carbonyl (C=O) groups excluding carboxylic acids is 2. The van der Waals surface area contributed by atoms with Gasteiger partial charge in [0.25, 0.3) is 0 Å². The van der Waals surface area contributed by atoms with E-state index in [1.54, 1.807) is 0 Å². The summed E-state index contributed by atoms with van der Waals surface area (Å²) in [4.78, 5) is 25.2. The third-order valence-corrected chi connectivity index (χ3v) is 5.04. The normalized spacial score (nSPS) is 14.5. The van der Waals surface area contributed by atoms with E-state index in [9.17, 15) is 9.59 Å². The Balaban J connectivity index is 1.51. The number of rotatable bonds is 8. The Hall–Kier alpha value is -2.62. The molecule has 2 amide bonds. The first-order valence-corrected chi connectivity index (χ1v) is 9.37. The van der Waals surface area contributed by atoms with Gasteiger partial charge in [-0.2, -0.15) is 0 Å². The molecule has 0 unspecified atom stereocenters. The fourth-order valence-electron chi connectivity index (χ4n) is 3.18. The third kappa shape index (κ3) is 4.13. The number of aryl methyl sites for hydroxylation is 2. The molecule has 1 fully saturated rings. The minimum Gasteiger partial charge on any atom is -0.355 e. The van der Waals surface area contributed by atoms with Crippen LogP contribution in [0.2, 0.25) is 0 Å². The summed E-state index contributed by atoms with van der Waals surface area (Å²) in [7, 11) is 0. The third-order valence-electron chi connectivity index (χ3n) is 5.04. The van der Waals surface area contributed by atoms with Gasteiger partial charge in [0.05, 0.1) is 0 Å². The van der Waals surface area contributed by atoms with E-state index in [-0.39, 0.29) is 11.8 Å². The molecule has 0 aromatic heterocycles. The Morgan fingerprint density at radius 3 is 2.35 bits per heavy atom. The molecule has 1 saturated carbocycles. The van der Waals surface area contributed by atoms with Gasteiger partial charge in [0, 0.05) is 12.2 Å². The number of hydrogen-bond acceptors (Lipinski definition) is 2. The topological polar surface area (TPSA) is 58.2 Å². The number of amides is 2. The van der Waals surface area contributed by atoms with Gasteiger partial charge >= 0.3 is 0 Å². The number of para-hydroxylation sites is 1. The molecule has 0 bridgehead atoms. The highest BCUT2D eigenvalue weighted by Gasteiger charge is 2.56. The van der Waals surface area contributed by atoms with Crippen molar-refractivity contribution in [2.45, 2.75) is 39.0 Å². The van der Waals surface area contributed by atoms with Crippen molar-refractivity contribution in [1.29, 1.82) is 0 Å². The molecule has 1 aliphatic rings. The zero-order valence-corrected chi connectivity index (χ0v) is 15.3. The Kier molecular flexibility index (Phi) is 5.71. The summed E-state index contributed by atoms with van der Waals surface area (Å²) in [6.07, 6.45) is 3.88. The molecular formula is C22H26N2O2. The highest BCUT2D eigenvalue weighted by Crippen LogP contribution is 2.47. The standard InChI is InChI=1S/C22H26N2O2/c1-2-18-12-6-7-13-19(18)24-21(26)22(14-15-22)20(25)23-16-8-11-17-9-4-3-5-10-17/h3-7,9-10,12-13H,2,8,11,14-16H2,1H3,(H,23,25)(H,24,26). The lowest BCUT2D eigenvalue weighted by Crippen LogP contribution is -2.40. The van der Waals surface area contributed by atoms with Crippen molar-refractivity contribution < 1.29 is 9.59 Å². The maximum Gasteiger partial charge on any atom is 0.240 e. The maximum absolute atomic E-state index is 12.7. The quantitative estimate of drug-likeness (QED) is 0.563. The average Bonchev–Trinajstić information content (AvgIpc) is 3.48. The van der Waals surface area contributed by atoms with Crippen molar-refractivity contribution in [3.8, 4) is 0 Å². The van der Waals surface area contributed by atoms with E-state index in [4.69, 9.17) is 0 Å². The van der Waals surface area contributed by atoms with Crippen molar-refractivity contribution in [1.82, 2.24) is 5.32 Å². The van der Waals surface area contributed by atoms with E-state index in [1.165, 1.54) is 5.56 Å². The molecule has 4 heteroatoms. The van der Waals surface area contributed by atoms with Gasteiger partial charge in [-0.05, 0) is 49.3 Å². The Morgan fingerprint density at radius 2 is 1.65 bits per heavy atom. The van der Waals surface area contributed by atoms with Crippen LogP contribution >= 0.6 is 0 Å². The smallest absolute Gasteiger partial charge is 0.240 e. The molecule has 0 saturated heterocycles. The lowest BCUT2D eigenvalue weighted by molar-refractivity contribution is -0.134. The molecule has 3 rings (SSSR count). The van der Waals surface area contributed by atoms with Gasteiger partial charge in [0.2, 0.25) is 11.8 Å². The second kappa shape index (κ2) is 8.17. The SMILES string of the molecule is CCc1ccccc1NC(=O)C1(C(=O)NCCCc2ccccc2)CC1. The van der Waals surface area contributed by atoms with Crippen LogP contribution in [0.5, 0.6) is 0 Å². The number of carbonyl (C=O) groups is 2. The van der Waals surface area contributed by atoms with Crippen molar-refractivity contribution in [3.05, 3.63) is 65.7 Å². The van der Waals surface area contributed by atoms with Crippen LogP contribution in [0.1, 0.15) is 37.3 Å². The summed E-state index contributed by atoms with van der Waals surface area (Å²) in [6, 6.07) is 18.0. The van der Waals surface area contributed by atoms with E-state index >= 15 is 0 Å². The Bertz CT molecular complexity index is 767. The molecule has 2 N–H and O–H groups in total. The van der Waals surface area contributed by atoms with Gasteiger partial charge in [-0.15, -0.1) is 0 Å². The van der Waals surface area contributed by atoms with Gasteiger partial charge in [-0.1, -0.05) is 55.5 Å². The highest BCUT2D eigenvalue weighted by atomic mass is 16.2. The summed E-state index contributed by atoms with van der Waals surface area (Å²) < 4.78 is 0. The molecule has 136 valence electrons. The molecule has 1 aliphatic carbocycles. The minimum atomic E-state index is -0.881. The monoisotopic (exact) mass is 350 g/mol. The molecule has 0 atom stereocenters. The van der Waals surface area contributed by atoms with Gasteiger partial charge in [0.1, 0.15) is 5.41 Å². The van der Waals surface area contributed by atoms with Crippen molar-refractivity contribution in [2.75, 3.05) is 11.9 Å². The van der Waals surface area contributed by atoms with E-state index in [2.05, 4.69) is 29.7 Å². The summed E-state index contributed by atoms with van der Waals surface area (Å²) in [5, 5.41) is 5.91. The van der Waals surface area contributed by atoms with Crippen LogP contribution in [0.15, 0.2) is 54.6 Å². The second-order valence-corrected chi connectivity index (χ2v) is 6.89. The first-order valence-electron chi connectivity index (χ1n) is 9.37. The molecule has 0 heterocycles. The highest BCUT2D eigenvalue weighted by molar-refractivity contribution is 6.13. The molecule has 0 spiro atoms. The predicted octanol–water partition coefficient (Wildman–Crippen LogP) is 3.72. The molecule has 26 heavy (non-hydrogen) atoms. The van der Waals surface area contributed by atoms with Gasteiger partial charge in [0.15, 0.2) is 0 Å². The molecule has 0 radical (unpaired) electrons. The lowest BCUT2D eigenvalue weighted by Gasteiger charge is -2.17. The van der Waals surface area contributed by atoms with Crippen molar-refractivity contribution in [3.63, 3.8) is 0 Å². The minimum absolute atomic E-state index is 0.142. The van der Waals surface area contributed by atoms with E-state index in [1.807, 2.05) is 42.5 Å². The Labute approximate surface area is 155 Å². The zero-order chi connectivity index (χ0) is 18.4. The van der Waals surface area contributed by atoms with Crippen LogP contribution < -0.4 is 10.6 Å². The Morgan fingerprint density at radius 1 is 0.962 bits per heavy atom.